The number of nitrogens with zero attached hydrogens (tertiary/aromatic N) is 2. The maximum Gasteiger partial charge on any atom is 0.317 e. The van der Waals surface area contributed by atoms with Crippen molar-refractivity contribution in [2.24, 2.45) is 0 Å². The average Bonchev–Trinajstić information content (AvgIpc) is 2.58. The Bertz CT molecular complexity index is 590. The van der Waals surface area contributed by atoms with Gasteiger partial charge in [-0.25, -0.2) is 4.79 Å². The molecule has 1 aromatic carbocycles. The first-order chi connectivity index (χ1) is 11.5. The molecule has 132 valence electrons. The van der Waals surface area contributed by atoms with Gasteiger partial charge >= 0.3 is 6.03 Å². The van der Waals surface area contributed by atoms with Crippen LogP contribution >= 0.6 is 23.2 Å². The maximum absolute atomic E-state index is 12.2. The summed E-state index contributed by atoms with van der Waals surface area (Å²) in [7, 11) is 0. The molecule has 6 nitrogen and oxygen atoms in total. The van der Waals surface area contributed by atoms with Crippen LogP contribution in [-0.4, -0.2) is 61.1 Å². The van der Waals surface area contributed by atoms with Crippen molar-refractivity contribution < 1.29 is 14.3 Å². The summed E-state index contributed by atoms with van der Waals surface area (Å²) in [6.45, 7) is 4.60. The molecule has 8 heteroatoms. The van der Waals surface area contributed by atoms with Crippen LogP contribution in [0, 0.1) is 0 Å². The third kappa shape index (κ3) is 5.18. The SMILES string of the molecule is CCCNC(=O)N1CCN(C(=O)COc2ccc(Cl)cc2Cl)CC1. The van der Waals surface area contributed by atoms with Gasteiger partial charge in [-0.15, -0.1) is 0 Å². The first-order valence-electron chi connectivity index (χ1n) is 7.89. The van der Waals surface area contributed by atoms with Gasteiger partial charge in [0.25, 0.3) is 5.91 Å². The smallest absolute Gasteiger partial charge is 0.317 e. The Balaban J connectivity index is 1.77. The van der Waals surface area contributed by atoms with Gasteiger partial charge in [0.15, 0.2) is 6.61 Å². The number of ether oxygens (including phenoxy) is 1. The van der Waals surface area contributed by atoms with Crippen molar-refractivity contribution >= 4 is 35.1 Å². The number of amides is 3. The number of carbonyl (C=O) groups is 2. The van der Waals surface area contributed by atoms with E-state index < -0.39 is 0 Å². The Morgan fingerprint density at radius 3 is 2.46 bits per heavy atom. The Kier molecular flexibility index (Phi) is 6.99. The largest absolute Gasteiger partial charge is 0.482 e. The first-order valence-corrected chi connectivity index (χ1v) is 8.65. The van der Waals surface area contributed by atoms with Crippen molar-refractivity contribution in [3.05, 3.63) is 28.2 Å². The monoisotopic (exact) mass is 373 g/mol. The number of hydrogen-bond acceptors (Lipinski definition) is 3. The molecule has 0 unspecified atom stereocenters. The molecule has 1 heterocycles. The van der Waals surface area contributed by atoms with E-state index in [9.17, 15) is 9.59 Å². The molecule has 0 spiro atoms. The van der Waals surface area contributed by atoms with Crippen LogP contribution in [0.2, 0.25) is 10.0 Å². The molecule has 1 aliphatic heterocycles. The summed E-state index contributed by atoms with van der Waals surface area (Å²) in [4.78, 5) is 27.5. The zero-order valence-corrected chi connectivity index (χ0v) is 15.1. The molecule has 2 rings (SSSR count). The quantitative estimate of drug-likeness (QED) is 0.862. The van der Waals surface area contributed by atoms with Crippen LogP contribution in [0.5, 0.6) is 5.75 Å². The summed E-state index contributed by atoms with van der Waals surface area (Å²) in [5, 5.41) is 3.72. The standard InChI is InChI=1S/C16H21Cl2N3O3/c1-2-5-19-16(23)21-8-6-20(7-9-21)15(22)11-24-14-4-3-12(17)10-13(14)18/h3-4,10H,2,5-9,11H2,1H3,(H,19,23). The number of piperazine rings is 1. The van der Waals surface area contributed by atoms with Crippen LogP contribution < -0.4 is 10.1 Å². The minimum Gasteiger partial charge on any atom is -0.482 e. The summed E-state index contributed by atoms with van der Waals surface area (Å²) >= 11 is 11.8. The van der Waals surface area contributed by atoms with Crippen molar-refractivity contribution in [1.29, 1.82) is 0 Å². The van der Waals surface area contributed by atoms with Crippen LogP contribution in [-0.2, 0) is 4.79 Å². The van der Waals surface area contributed by atoms with E-state index in [0.717, 1.165) is 6.42 Å². The predicted octanol–water partition coefficient (Wildman–Crippen LogP) is 2.64. The fourth-order valence-electron chi connectivity index (χ4n) is 2.33. The van der Waals surface area contributed by atoms with Gasteiger partial charge in [0.2, 0.25) is 0 Å². The Hall–Kier alpha value is -1.66. The van der Waals surface area contributed by atoms with Gasteiger partial charge in [0, 0.05) is 37.7 Å². The number of urea groups is 1. The van der Waals surface area contributed by atoms with E-state index in [0.29, 0.717) is 48.5 Å². The van der Waals surface area contributed by atoms with Gasteiger partial charge in [0.1, 0.15) is 5.75 Å². The van der Waals surface area contributed by atoms with E-state index in [2.05, 4.69) is 5.32 Å². The maximum atomic E-state index is 12.2. The van der Waals surface area contributed by atoms with Crippen LogP contribution in [0.1, 0.15) is 13.3 Å². The highest BCUT2D eigenvalue weighted by atomic mass is 35.5. The van der Waals surface area contributed by atoms with E-state index in [1.54, 1.807) is 28.0 Å². The summed E-state index contributed by atoms with van der Waals surface area (Å²) < 4.78 is 5.46. The molecule has 1 saturated heterocycles. The number of nitrogens with one attached hydrogen (secondary N) is 1. The molecular weight excluding hydrogens is 353 g/mol. The predicted molar refractivity (Wildman–Crippen MR) is 93.8 cm³/mol. The second-order valence-corrected chi connectivity index (χ2v) is 6.31. The highest BCUT2D eigenvalue weighted by Crippen LogP contribution is 2.27. The first kappa shape index (κ1) is 18.7. The fraction of sp³-hybridized carbons (Fsp3) is 0.500. The Morgan fingerprint density at radius 2 is 1.83 bits per heavy atom. The van der Waals surface area contributed by atoms with Gasteiger partial charge < -0.3 is 19.9 Å². The molecule has 1 fully saturated rings. The van der Waals surface area contributed by atoms with Crippen molar-refractivity contribution in [1.82, 2.24) is 15.1 Å². The normalized spacial score (nSPS) is 14.5. The van der Waals surface area contributed by atoms with Crippen molar-refractivity contribution in [3.8, 4) is 5.75 Å². The lowest BCUT2D eigenvalue weighted by molar-refractivity contribution is -0.134. The van der Waals surface area contributed by atoms with E-state index in [-0.39, 0.29) is 18.5 Å². The Morgan fingerprint density at radius 1 is 1.17 bits per heavy atom. The third-order valence-corrected chi connectivity index (χ3v) is 4.22. The van der Waals surface area contributed by atoms with Crippen molar-refractivity contribution in [3.63, 3.8) is 0 Å². The lowest BCUT2D eigenvalue weighted by atomic mass is 10.3. The molecule has 0 aliphatic carbocycles. The van der Waals surface area contributed by atoms with Gasteiger partial charge in [-0.2, -0.15) is 0 Å². The fourth-order valence-corrected chi connectivity index (χ4v) is 2.79. The summed E-state index contributed by atoms with van der Waals surface area (Å²) in [6, 6.07) is 4.78. The number of hydrogen-bond donors (Lipinski definition) is 1. The number of rotatable bonds is 5. The van der Waals surface area contributed by atoms with Crippen molar-refractivity contribution in [2.45, 2.75) is 13.3 Å². The average molecular weight is 374 g/mol. The van der Waals surface area contributed by atoms with Crippen LogP contribution in [0.25, 0.3) is 0 Å². The highest BCUT2D eigenvalue weighted by molar-refractivity contribution is 6.35. The summed E-state index contributed by atoms with van der Waals surface area (Å²) in [5.74, 6) is 0.293. The molecule has 0 bridgehead atoms. The molecule has 1 N–H and O–H groups in total. The lowest BCUT2D eigenvalue weighted by Crippen LogP contribution is -2.54. The molecule has 0 atom stereocenters. The molecule has 0 aromatic heterocycles. The minimum atomic E-state index is -0.130. The topological polar surface area (TPSA) is 61.9 Å². The number of benzene rings is 1. The van der Waals surface area contributed by atoms with Gasteiger partial charge in [-0.3, -0.25) is 4.79 Å². The molecule has 24 heavy (non-hydrogen) atoms. The second kappa shape index (κ2) is 8.99. The van der Waals surface area contributed by atoms with E-state index >= 15 is 0 Å². The van der Waals surface area contributed by atoms with Gasteiger partial charge in [0.05, 0.1) is 5.02 Å². The molecule has 0 saturated carbocycles. The van der Waals surface area contributed by atoms with E-state index in [1.807, 2.05) is 6.92 Å². The number of carbonyl (C=O) groups excluding carboxylic acids is 2. The molecular formula is C16H21Cl2N3O3. The zero-order chi connectivity index (χ0) is 17.5. The third-order valence-electron chi connectivity index (χ3n) is 3.69. The molecule has 1 aromatic rings. The minimum absolute atomic E-state index is 0.0758. The summed E-state index contributed by atoms with van der Waals surface area (Å²) in [6.07, 6.45) is 0.898. The molecule has 3 amide bonds. The van der Waals surface area contributed by atoms with Crippen molar-refractivity contribution in [2.75, 3.05) is 39.3 Å². The van der Waals surface area contributed by atoms with Crippen LogP contribution in [0.3, 0.4) is 0 Å². The second-order valence-electron chi connectivity index (χ2n) is 5.46. The van der Waals surface area contributed by atoms with Gasteiger partial charge in [-0.05, 0) is 24.6 Å². The summed E-state index contributed by atoms with van der Waals surface area (Å²) in [5.41, 5.74) is 0. The molecule has 1 aliphatic rings. The molecule has 0 radical (unpaired) electrons. The van der Waals surface area contributed by atoms with Crippen LogP contribution in [0.4, 0.5) is 4.79 Å². The van der Waals surface area contributed by atoms with Crippen LogP contribution in [0.15, 0.2) is 18.2 Å². The Labute approximate surface area is 151 Å². The zero-order valence-electron chi connectivity index (χ0n) is 13.6. The van der Waals surface area contributed by atoms with E-state index in [4.69, 9.17) is 27.9 Å². The van der Waals surface area contributed by atoms with Gasteiger partial charge in [-0.1, -0.05) is 30.1 Å². The number of halogens is 2. The van der Waals surface area contributed by atoms with E-state index in [1.165, 1.54) is 0 Å². The lowest BCUT2D eigenvalue weighted by Gasteiger charge is -2.34. The highest BCUT2D eigenvalue weighted by Gasteiger charge is 2.24.